The van der Waals surface area contributed by atoms with Crippen LogP contribution in [0.1, 0.15) is 28.3 Å². The molecule has 0 amide bonds. The van der Waals surface area contributed by atoms with E-state index in [1.807, 2.05) is 11.3 Å². The van der Waals surface area contributed by atoms with Crippen molar-refractivity contribution in [2.75, 3.05) is 26.2 Å². The van der Waals surface area contributed by atoms with Gasteiger partial charge in [0.2, 0.25) is 0 Å². The summed E-state index contributed by atoms with van der Waals surface area (Å²) in [5, 5.41) is 3.48. The Hall–Kier alpha value is -1.94. The van der Waals surface area contributed by atoms with Crippen LogP contribution in [0.5, 0.6) is 0 Å². The Morgan fingerprint density at radius 3 is 2.23 bits per heavy atom. The maximum atomic E-state index is 3.48. The molecule has 134 valence electrons. The van der Waals surface area contributed by atoms with E-state index in [0.717, 1.165) is 32.6 Å². The van der Waals surface area contributed by atoms with E-state index in [-0.39, 0.29) is 0 Å². The predicted octanol–water partition coefficient (Wildman–Crippen LogP) is 4.97. The number of nitrogens with one attached hydrogen (secondary N) is 1. The van der Waals surface area contributed by atoms with E-state index in [9.17, 15) is 0 Å². The summed E-state index contributed by atoms with van der Waals surface area (Å²) < 4.78 is 0. The second-order valence-electron chi connectivity index (χ2n) is 6.83. The number of rotatable bonds is 5. The third kappa shape index (κ3) is 3.75. The lowest BCUT2D eigenvalue weighted by Crippen LogP contribution is -2.45. The second kappa shape index (κ2) is 8.17. The maximum absolute atomic E-state index is 3.48. The van der Waals surface area contributed by atoms with E-state index in [2.05, 4.69) is 83.9 Å². The Kier molecular flexibility index (Phi) is 5.49. The van der Waals surface area contributed by atoms with Crippen LogP contribution in [-0.4, -0.2) is 31.1 Å². The minimum absolute atomic E-state index is 0.368. The molecule has 26 heavy (non-hydrogen) atoms. The SMILES string of the molecule is CCc1ccc(C(c2ccc(-c3ccccc3)cc2)N2CCNCC2)s1. The molecule has 2 heterocycles. The first kappa shape index (κ1) is 17.5. The standard InChI is InChI=1S/C23H26N2S/c1-2-21-12-13-22(26-21)23(25-16-14-24-15-17-25)20-10-8-19(9-11-20)18-6-4-3-5-7-18/h3-13,23-24H,2,14-17H2,1H3. The lowest BCUT2D eigenvalue weighted by molar-refractivity contribution is 0.200. The van der Waals surface area contributed by atoms with Crippen molar-refractivity contribution in [2.45, 2.75) is 19.4 Å². The van der Waals surface area contributed by atoms with Gasteiger partial charge in [-0.3, -0.25) is 4.90 Å². The number of nitrogens with zero attached hydrogens (tertiary/aromatic N) is 1. The molecule has 0 radical (unpaired) electrons. The molecule has 1 fully saturated rings. The molecule has 2 nitrogen and oxygen atoms in total. The molecule has 1 atom stereocenters. The van der Waals surface area contributed by atoms with Crippen molar-refractivity contribution in [2.24, 2.45) is 0 Å². The van der Waals surface area contributed by atoms with Crippen LogP contribution >= 0.6 is 11.3 Å². The lowest BCUT2D eigenvalue weighted by atomic mass is 9.98. The zero-order chi connectivity index (χ0) is 17.8. The van der Waals surface area contributed by atoms with E-state index >= 15 is 0 Å². The predicted molar refractivity (Wildman–Crippen MR) is 112 cm³/mol. The summed E-state index contributed by atoms with van der Waals surface area (Å²) in [5.41, 5.74) is 3.96. The summed E-state index contributed by atoms with van der Waals surface area (Å²) in [4.78, 5) is 5.57. The third-order valence-electron chi connectivity index (χ3n) is 5.15. The van der Waals surface area contributed by atoms with E-state index in [1.165, 1.54) is 26.4 Å². The first-order valence-electron chi connectivity index (χ1n) is 9.54. The van der Waals surface area contributed by atoms with Gasteiger partial charge in [0.15, 0.2) is 0 Å². The van der Waals surface area contributed by atoms with Gasteiger partial charge in [-0.15, -0.1) is 11.3 Å². The van der Waals surface area contributed by atoms with Crippen LogP contribution in [-0.2, 0) is 6.42 Å². The minimum Gasteiger partial charge on any atom is -0.314 e. The highest BCUT2D eigenvalue weighted by molar-refractivity contribution is 7.12. The van der Waals surface area contributed by atoms with Crippen molar-refractivity contribution >= 4 is 11.3 Å². The topological polar surface area (TPSA) is 15.3 Å². The first-order valence-corrected chi connectivity index (χ1v) is 10.4. The van der Waals surface area contributed by atoms with Crippen LogP contribution in [0.25, 0.3) is 11.1 Å². The normalized spacial score (nSPS) is 16.5. The highest BCUT2D eigenvalue weighted by Crippen LogP contribution is 2.35. The highest BCUT2D eigenvalue weighted by atomic mass is 32.1. The quantitative estimate of drug-likeness (QED) is 0.689. The Bertz CT molecular complexity index is 817. The van der Waals surface area contributed by atoms with Gasteiger partial charge >= 0.3 is 0 Å². The van der Waals surface area contributed by atoms with Crippen LogP contribution in [0.3, 0.4) is 0 Å². The summed E-state index contributed by atoms with van der Waals surface area (Å²) in [7, 11) is 0. The molecule has 1 aliphatic heterocycles. The van der Waals surface area contributed by atoms with Crippen LogP contribution in [0.4, 0.5) is 0 Å². The first-order chi connectivity index (χ1) is 12.8. The zero-order valence-corrected chi connectivity index (χ0v) is 16.1. The van der Waals surface area contributed by atoms with Crippen LogP contribution in [0.15, 0.2) is 66.7 Å². The number of thiophene rings is 1. The number of hydrogen-bond acceptors (Lipinski definition) is 3. The van der Waals surface area contributed by atoms with Crippen molar-refractivity contribution in [3.05, 3.63) is 82.0 Å². The number of piperazine rings is 1. The van der Waals surface area contributed by atoms with E-state index in [4.69, 9.17) is 0 Å². The van der Waals surface area contributed by atoms with Crippen LogP contribution in [0.2, 0.25) is 0 Å². The average Bonchev–Trinajstić information content (AvgIpc) is 3.19. The fourth-order valence-electron chi connectivity index (χ4n) is 3.72. The molecule has 0 bridgehead atoms. The fourth-order valence-corrected chi connectivity index (χ4v) is 4.83. The summed E-state index contributed by atoms with van der Waals surface area (Å²) in [6.45, 7) is 6.59. The number of aryl methyl sites for hydroxylation is 1. The van der Waals surface area contributed by atoms with Crippen molar-refractivity contribution in [1.82, 2.24) is 10.2 Å². The van der Waals surface area contributed by atoms with Crippen molar-refractivity contribution in [3.8, 4) is 11.1 Å². The Morgan fingerprint density at radius 1 is 0.885 bits per heavy atom. The largest absolute Gasteiger partial charge is 0.314 e. The summed E-state index contributed by atoms with van der Waals surface area (Å²) in [5.74, 6) is 0. The molecule has 1 saturated heterocycles. The molecule has 0 spiro atoms. The lowest BCUT2D eigenvalue weighted by Gasteiger charge is -2.35. The van der Waals surface area contributed by atoms with Gasteiger partial charge in [-0.2, -0.15) is 0 Å². The molecule has 0 saturated carbocycles. The molecular weight excluding hydrogens is 336 g/mol. The Morgan fingerprint density at radius 2 is 1.58 bits per heavy atom. The average molecular weight is 363 g/mol. The van der Waals surface area contributed by atoms with E-state index in [1.54, 1.807) is 0 Å². The molecule has 1 N–H and O–H groups in total. The minimum atomic E-state index is 0.368. The molecule has 0 aliphatic carbocycles. The van der Waals surface area contributed by atoms with Crippen LogP contribution < -0.4 is 5.32 Å². The van der Waals surface area contributed by atoms with Gasteiger partial charge in [0.1, 0.15) is 0 Å². The molecular formula is C23H26N2S. The molecule has 1 aliphatic rings. The van der Waals surface area contributed by atoms with Gasteiger partial charge in [0, 0.05) is 35.9 Å². The number of hydrogen-bond donors (Lipinski definition) is 1. The van der Waals surface area contributed by atoms with Gasteiger partial charge in [0.05, 0.1) is 6.04 Å². The molecule has 1 aromatic heterocycles. The number of benzene rings is 2. The third-order valence-corrected chi connectivity index (χ3v) is 6.43. The van der Waals surface area contributed by atoms with Gasteiger partial charge in [-0.25, -0.2) is 0 Å². The summed E-state index contributed by atoms with van der Waals surface area (Å²) >= 11 is 1.97. The molecule has 2 aromatic carbocycles. The van der Waals surface area contributed by atoms with Crippen molar-refractivity contribution < 1.29 is 0 Å². The zero-order valence-electron chi connectivity index (χ0n) is 15.3. The second-order valence-corrected chi connectivity index (χ2v) is 8.03. The highest BCUT2D eigenvalue weighted by Gasteiger charge is 2.25. The smallest absolute Gasteiger partial charge is 0.0697 e. The van der Waals surface area contributed by atoms with E-state index in [0.29, 0.717) is 6.04 Å². The molecule has 4 rings (SSSR count). The summed E-state index contributed by atoms with van der Waals surface area (Å²) in [6, 6.07) is 24.8. The Balaban J connectivity index is 1.66. The van der Waals surface area contributed by atoms with Gasteiger partial charge < -0.3 is 5.32 Å². The monoisotopic (exact) mass is 362 g/mol. The molecule has 3 aromatic rings. The molecule has 1 unspecified atom stereocenters. The Labute approximate surface area is 160 Å². The van der Waals surface area contributed by atoms with Crippen LogP contribution in [0, 0.1) is 0 Å². The molecule has 3 heteroatoms. The maximum Gasteiger partial charge on any atom is 0.0697 e. The fraction of sp³-hybridized carbons (Fsp3) is 0.304. The van der Waals surface area contributed by atoms with Gasteiger partial charge in [0.25, 0.3) is 0 Å². The summed E-state index contributed by atoms with van der Waals surface area (Å²) in [6.07, 6.45) is 1.12. The van der Waals surface area contributed by atoms with Crippen molar-refractivity contribution in [3.63, 3.8) is 0 Å². The van der Waals surface area contributed by atoms with E-state index < -0.39 is 0 Å². The van der Waals surface area contributed by atoms with Crippen molar-refractivity contribution in [1.29, 1.82) is 0 Å². The van der Waals surface area contributed by atoms with Gasteiger partial charge in [-0.1, -0.05) is 61.5 Å². The van der Waals surface area contributed by atoms with Gasteiger partial charge in [-0.05, 0) is 35.2 Å².